The highest BCUT2D eigenvalue weighted by Gasteiger charge is 2.21. The molecular weight excluding hydrogens is 340 g/mol. The van der Waals surface area contributed by atoms with Gasteiger partial charge in [-0.1, -0.05) is 13.0 Å². The van der Waals surface area contributed by atoms with Crippen LogP contribution in [-0.4, -0.2) is 57.3 Å². The van der Waals surface area contributed by atoms with Crippen LogP contribution in [0.4, 0.5) is 0 Å². The number of rotatable bonds is 5. The molecular formula is C21H30N4O2. The predicted molar refractivity (Wildman–Crippen MR) is 107 cm³/mol. The van der Waals surface area contributed by atoms with Crippen molar-refractivity contribution in [1.29, 1.82) is 0 Å². The first-order chi connectivity index (χ1) is 13.0. The molecule has 0 N–H and O–H groups in total. The molecule has 146 valence electrons. The minimum absolute atomic E-state index is 0.127. The van der Waals surface area contributed by atoms with Gasteiger partial charge in [-0.05, 0) is 44.4 Å². The molecule has 6 nitrogen and oxygen atoms in total. The van der Waals surface area contributed by atoms with E-state index in [0.717, 1.165) is 42.5 Å². The molecule has 0 spiro atoms. The molecule has 1 aliphatic rings. The monoisotopic (exact) mass is 370 g/mol. The Morgan fingerprint density at radius 3 is 2.44 bits per heavy atom. The Labute approximate surface area is 161 Å². The Bertz CT molecular complexity index is 812. The van der Waals surface area contributed by atoms with Crippen LogP contribution in [0.1, 0.15) is 51.6 Å². The van der Waals surface area contributed by atoms with E-state index < -0.39 is 0 Å². The molecule has 0 radical (unpaired) electrons. The van der Waals surface area contributed by atoms with Crippen LogP contribution in [0.5, 0.6) is 0 Å². The summed E-state index contributed by atoms with van der Waals surface area (Å²) in [7, 11) is 0. The zero-order chi connectivity index (χ0) is 19.4. The lowest BCUT2D eigenvalue weighted by atomic mass is 10.1. The van der Waals surface area contributed by atoms with E-state index in [9.17, 15) is 9.59 Å². The maximum Gasteiger partial charge on any atom is 0.227 e. The SMILES string of the molecule is CCCC(=O)N1CCCN(C(=O)Cc2ccc3c(c2)ncn3C(C)C)CC1. The first kappa shape index (κ1) is 19.4. The average molecular weight is 370 g/mol. The Kier molecular flexibility index (Phi) is 6.14. The minimum Gasteiger partial charge on any atom is -0.341 e. The third-order valence-electron chi connectivity index (χ3n) is 5.22. The van der Waals surface area contributed by atoms with Gasteiger partial charge in [0.25, 0.3) is 0 Å². The van der Waals surface area contributed by atoms with Gasteiger partial charge >= 0.3 is 0 Å². The Hall–Kier alpha value is -2.37. The molecule has 1 saturated heterocycles. The summed E-state index contributed by atoms with van der Waals surface area (Å²) in [5, 5.41) is 0. The molecule has 0 unspecified atom stereocenters. The number of fused-ring (bicyclic) bond motifs is 1. The number of hydrogen-bond donors (Lipinski definition) is 0. The Morgan fingerprint density at radius 1 is 1.07 bits per heavy atom. The van der Waals surface area contributed by atoms with E-state index in [1.54, 1.807) is 0 Å². The lowest BCUT2D eigenvalue weighted by Crippen LogP contribution is -2.37. The molecule has 2 amide bonds. The summed E-state index contributed by atoms with van der Waals surface area (Å²) in [6, 6.07) is 6.45. The van der Waals surface area contributed by atoms with E-state index in [1.165, 1.54) is 0 Å². The molecule has 1 aromatic heterocycles. The second-order valence-corrected chi connectivity index (χ2v) is 7.61. The summed E-state index contributed by atoms with van der Waals surface area (Å²) in [5.41, 5.74) is 3.02. The first-order valence-electron chi connectivity index (χ1n) is 10.0. The lowest BCUT2D eigenvalue weighted by molar-refractivity contribution is -0.133. The van der Waals surface area contributed by atoms with Gasteiger partial charge in [0.1, 0.15) is 0 Å². The molecule has 6 heteroatoms. The predicted octanol–water partition coefficient (Wildman–Crippen LogP) is 3.02. The number of aromatic nitrogens is 2. The standard InChI is InChI=1S/C21H30N4O2/c1-4-6-20(26)23-9-5-10-24(12-11-23)21(27)14-17-7-8-19-18(13-17)22-15-25(19)16(2)3/h7-8,13,15-16H,4-6,9-12,14H2,1-3H3. The maximum atomic E-state index is 12.8. The van der Waals surface area contributed by atoms with Crippen LogP contribution in [-0.2, 0) is 16.0 Å². The van der Waals surface area contributed by atoms with Gasteiger partial charge in [0.15, 0.2) is 0 Å². The Morgan fingerprint density at radius 2 is 1.78 bits per heavy atom. The number of nitrogens with zero attached hydrogens (tertiary/aromatic N) is 4. The van der Waals surface area contributed by atoms with Gasteiger partial charge in [-0.3, -0.25) is 9.59 Å². The molecule has 1 aliphatic heterocycles. The molecule has 3 rings (SSSR count). The highest BCUT2D eigenvalue weighted by molar-refractivity contribution is 5.82. The van der Waals surface area contributed by atoms with Crippen molar-refractivity contribution in [3.05, 3.63) is 30.1 Å². The van der Waals surface area contributed by atoms with E-state index in [2.05, 4.69) is 29.5 Å². The number of carbonyl (C=O) groups excluding carboxylic acids is 2. The van der Waals surface area contributed by atoms with Crippen LogP contribution >= 0.6 is 0 Å². The van der Waals surface area contributed by atoms with Crippen molar-refractivity contribution in [1.82, 2.24) is 19.4 Å². The van der Waals surface area contributed by atoms with Crippen LogP contribution in [0.25, 0.3) is 11.0 Å². The fraction of sp³-hybridized carbons (Fsp3) is 0.571. The number of benzene rings is 1. The van der Waals surface area contributed by atoms with Crippen molar-refractivity contribution in [3.63, 3.8) is 0 Å². The normalized spacial score (nSPS) is 15.4. The van der Waals surface area contributed by atoms with Gasteiger partial charge in [-0.25, -0.2) is 4.98 Å². The van der Waals surface area contributed by atoms with E-state index in [4.69, 9.17) is 0 Å². The summed E-state index contributed by atoms with van der Waals surface area (Å²) in [6.07, 6.45) is 4.55. The van der Waals surface area contributed by atoms with Crippen molar-refractivity contribution in [2.24, 2.45) is 0 Å². The van der Waals surface area contributed by atoms with Gasteiger partial charge < -0.3 is 14.4 Å². The summed E-state index contributed by atoms with van der Waals surface area (Å²) in [4.78, 5) is 33.2. The number of imidazole rings is 1. The molecule has 2 aromatic rings. The zero-order valence-electron chi connectivity index (χ0n) is 16.6. The molecule has 1 aromatic carbocycles. The van der Waals surface area contributed by atoms with Crippen LogP contribution in [0, 0.1) is 0 Å². The summed E-state index contributed by atoms with van der Waals surface area (Å²) in [5.74, 6) is 0.334. The van der Waals surface area contributed by atoms with Crippen molar-refractivity contribution in [2.45, 2.75) is 52.5 Å². The van der Waals surface area contributed by atoms with Crippen LogP contribution < -0.4 is 0 Å². The quantitative estimate of drug-likeness (QED) is 0.813. The molecule has 0 bridgehead atoms. The molecule has 27 heavy (non-hydrogen) atoms. The molecule has 2 heterocycles. The number of hydrogen-bond acceptors (Lipinski definition) is 3. The van der Waals surface area contributed by atoms with Crippen molar-refractivity contribution < 1.29 is 9.59 Å². The fourth-order valence-corrected chi connectivity index (χ4v) is 3.67. The summed E-state index contributed by atoms with van der Waals surface area (Å²) in [6.45, 7) is 9.02. The molecule has 0 aliphatic carbocycles. The molecule has 0 atom stereocenters. The first-order valence-corrected chi connectivity index (χ1v) is 10.0. The average Bonchev–Trinajstić information content (AvgIpc) is 2.89. The Balaban J connectivity index is 1.63. The number of carbonyl (C=O) groups is 2. The zero-order valence-corrected chi connectivity index (χ0v) is 16.6. The third-order valence-corrected chi connectivity index (χ3v) is 5.22. The number of amides is 2. The second kappa shape index (κ2) is 8.55. The van der Waals surface area contributed by atoms with E-state index in [0.29, 0.717) is 32.0 Å². The smallest absolute Gasteiger partial charge is 0.227 e. The maximum absolute atomic E-state index is 12.8. The van der Waals surface area contributed by atoms with Crippen LogP contribution in [0.15, 0.2) is 24.5 Å². The van der Waals surface area contributed by atoms with Crippen LogP contribution in [0.3, 0.4) is 0 Å². The largest absolute Gasteiger partial charge is 0.341 e. The highest BCUT2D eigenvalue weighted by Crippen LogP contribution is 2.19. The van der Waals surface area contributed by atoms with Crippen molar-refractivity contribution in [3.8, 4) is 0 Å². The molecule has 0 saturated carbocycles. The van der Waals surface area contributed by atoms with Gasteiger partial charge in [-0.2, -0.15) is 0 Å². The van der Waals surface area contributed by atoms with Crippen molar-refractivity contribution in [2.75, 3.05) is 26.2 Å². The van der Waals surface area contributed by atoms with Crippen LogP contribution in [0.2, 0.25) is 0 Å². The van der Waals surface area contributed by atoms with E-state index in [-0.39, 0.29) is 11.8 Å². The van der Waals surface area contributed by atoms with E-state index >= 15 is 0 Å². The fourth-order valence-electron chi connectivity index (χ4n) is 3.67. The lowest BCUT2D eigenvalue weighted by Gasteiger charge is -2.22. The minimum atomic E-state index is 0.127. The van der Waals surface area contributed by atoms with E-state index in [1.807, 2.05) is 35.2 Å². The highest BCUT2D eigenvalue weighted by atomic mass is 16.2. The van der Waals surface area contributed by atoms with Gasteiger partial charge in [0.05, 0.1) is 23.8 Å². The van der Waals surface area contributed by atoms with Gasteiger partial charge in [0, 0.05) is 38.6 Å². The van der Waals surface area contributed by atoms with Crippen molar-refractivity contribution >= 4 is 22.8 Å². The summed E-state index contributed by atoms with van der Waals surface area (Å²) < 4.78 is 2.14. The third kappa shape index (κ3) is 4.49. The second-order valence-electron chi connectivity index (χ2n) is 7.61. The molecule has 1 fully saturated rings. The summed E-state index contributed by atoms with van der Waals surface area (Å²) >= 11 is 0. The topological polar surface area (TPSA) is 58.4 Å². The van der Waals surface area contributed by atoms with Gasteiger partial charge in [-0.15, -0.1) is 0 Å². The van der Waals surface area contributed by atoms with Gasteiger partial charge in [0.2, 0.25) is 11.8 Å².